The Morgan fingerprint density at radius 3 is 2.04 bits per heavy atom. The number of halogens is 2. The van der Waals surface area contributed by atoms with Gasteiger partial charge in [0.2, 0.25) is 0 Å². The van der Waals surface area contributed by atoms with E-state index in [1.807, 2.05) is 4.90 Å². The minimum atomic E-state index is -4.95. The van der Waals surface area contributed by atoms with Gasteiger partial charge in [0.1, 0.15) is 4.90 Å². The molecule has 0 N–H and O–H groups in total. The molecule has 144 valence electrons. The standard InChI is InChI=1S/C18H15ClFN5O2S/c19-17-8-5-15(13-18(17)28(20,26)27)24-23-14-3-6-16(7-4-14)25(11-1-9-21)12-2-10-22/h3-8,13H,1-2,11-12H2/b24-23+. The highest BCUT2D eigenvalue weighted by Crippen LogP contribution is 2.29. The Morgan fingerprint density at radius 1 is 0.964 bits per heavy atom. The number of nitriles is 2. The summed E-state index contributed by atoms with van der Waals surface area (Å²) >= 11 is 5.68. The van der Waals surface area contributed by atoms with Crippen molar-refractivity contribution < 1.29 is 12.3 Å². The molecule has 0 radical (unpaired) electrons. The molecule has 0 aliphatic heterocycles. The molecule has 0 aliphatic carbocycles. The lowest BCUT2D eigenvalue weighted by molar-refractivity contribution is 0.552. The van der Waals surface area contributed by atoms with Crippen LogP contribution in [0.3, 0.4) is 0 Å². The van der Waals surface area contributed by atoms with Crippen LogP contribution in [0.2, 0.25) is 5.02 Å². The first-order chi connectivity index (χ1) is 13.3. The van der Waals surface area contributed by atoms with Crippen molar-refractivity contribution in [2.75, 3.05) is 18.0 Å². The van der Waals surface area contributed by atoms with Crippen molar-refractivity contribution in [3.63, 3.8) is 0 Å². The molecule has 10 heteroatoms. The number of hydrogen-bond acceptors (Lipinski definition) is 7. The van der Waals surface area contributed by atoms with E-state index >= 15 is 0 Å². The van der Waals surface area contributed by atoms with Crippen molar-refractivity contribution in [1.82, 2.24) is 0 Å². The van der Waals surface area contributed by atoms with Gasteiger partial charge in [-0.2, -0.15) is 29.2 Å². The molecule has 0 atom stereocenters. The highest BCUT2D eigenvalue weighted by molar-refractivity contribution is 7.86. The Labute approximate surface area is 167 Å². The summed E-state index contributed by atoms with van der Waals surface area (Å²) in [7, 11) is -4.95. The van der Waals surface area contributed by atoms with E-state index in [1.165, 1.54) is 12.1 Å². The van der Waals surface area contributed by atoms with Crippen LogP contribution < -0.4 is 4.90 Å². The molecule has 2 aromatic carbocycles. The minimum absolute atomic E-state index is 0.134. The summed E-state index contributed by atoms with van der Waals surface area (Å²) in [4.78, 5) is 1.26. The Kier molecular flexibility index (Phi) is 7.44. The Balaban J connectivity index is 2.18. The molecule has 0 saturated heterocycles. The number of rotatable bonds is 8. The van der Waals surface area contributed by atoms with Crippen LogP contribution in [-0.2, 0) is 10.2 Å². The lowest BCUT2D eigenvalue weighted by Gasteiger charge is -2.22. The van der Waals surface area contributed by atoms with E-state index in [1.54, 1.807) is 24.3 Å². The summed E-state index contributed by atoms with van der Waals surface area (Å²) < 4.78 is 35.3. The summed E-state index contributed by atoms with van der Waals surface area (Å²) in [6, 6.07) is 14.7. The smallest absolute Gasteiger partial charge is 0.333 e. The fourth-order valence-corrected chi connectivity index (χ4v) is 3.28. The summed E-state index contributed by atoms with van der Waals surface area (Å²) in [6.45, 7) is 1.01. The SMILES string of the molecule is N#CCCN(CCC#N)c1ccc(/N=N/c2ccc(Cl)c(S(=O)(=O)F)c2)cc1. The van der Waals surface area contributed by atoms with Crippen molar-refractivity contribution in [2.24, 2.45) is 10.2 Å². The fourth-order valence-electron chi connectivity index (χ4n) is 2.33. The second-order valence-corrected chi connectivity index (χ2v) is 7.29. The molecule has 0 bridgehead atoms. The zero-order valence-corrected chi connectivity index (χ0v) is 16.2. The maximum Gasteiger partial charge on any atom is 0.333 e. The average Bonchev–Trinajstić information content (AvgIpc) is 2.67. The fraction of sp³-hybridized carbons (Fsp3) is 0.222. The predicted molar refractivity (Wildman–Crippen MR) is 103 cm³/mol. The first-order valence-electron chi connectivity index (χ1n) is 8.10. The van der Waals surface area contributed by atoms with Gasteiger partial charge in [0.25, 0.3) is 0 Å². The third kappa shape index (κ3) is 6.02. The van der Waals surface area contributed by atoms with E-state index in [-0.39, 0.29) is 10.7 Å². The quantitative estimate of drug-likeness (QED) is 0.439. The van der Waals surface area contributed by atoms with Gasteiger partial charge in [-0.1, -0.05) is 11.6 Å². The maximum absolute atomic E-state index is 13.2. The topological polar surface area (TPSA) is 110 Å². The molecule has 2 rings (SSSR count). The van der Waals surface area contributed by atoms with Crippen LogP contribution in [0.5, 0.6) is 0 Å². The van der Waals surface area contributed by atoms with Crippen LogP contribution in [0.15, 0.2) is 57.6 Å². The predicted octanol–water partition coefficient (Wildman–Crippen LogP) is 5.05. The van der Waals surface area contributed by atoms with E-state index in [4.69, 9.17) is 22.1 Å². The van der Waals surface area contributed by atoms with Gasteiger partial charge in [-0.15, -0.1) is 3.89 Å². The lowest BCUT2D eigenvalue weighted by Crippen LogP contribution is -2.25. The summed E-state index contributed by atoms with van der Waals surface area (Å²) in [5.41, 5.74) is 1.46. The highest BCUT2D eigenvalue weighted by Gasteiger charge is 2.17. The number of benzene rings is 2. The van der Waals surface area contributed by atoms with Gasteiger partial charge in [-0.05, 0) is 42.5 Å². The molecule has 0 aromatic heterocycles. The molecule has 28 heavy (non-hydrogen) atoms. The molecule has 0 aliphatic rings. The number of nitrogens with zero attached hydrogens (tertiary/aromatic N) is 5. The van der Waals surface area contributed by atoms with Gasteiger partial charge < -0.3 is 4.90 Å². The maximum atomic E-state index is 13.2. The Hall–Kier alpha value is -3.01. The van der Waals surface area contributed by atoms with E-state index in [9.17, 15) is 12.3 Å². The third-order valence-corrected chi connectivity index (χ3v) is 4.97. The van der Waals surface area contributed by atoms with Gasteiger partial charge in [0.05, 0.1) is 41.4 Å². The number of azo groups is 1. The summed E-state index contributed by atoms with van der Waals surface area (Å²) in [5, 5.41) is 25.2. The van der Waals surface area contributed by atoms with E-state index < -0.39 is 15.1 Å². The second kappa shape index (κ2) is 9.79. The van der Waals surface area contributed by atoms with Gasteiger partial charge >= 0.3 is 10.2 Å². The van der Waals surface area contributed by atoms with E-state index in [0.29, 0.717) is 31.6 Å². The van der Waals surface area contributed by atoms with Crippen LogP contribution in [0.4, 0.5) is 20.9 Å². The minimum Gasteiger partial charge on any atom is -0.369 e. The zero-order valence-electron chi connectivity index (χ0n) is 14.6. The normalized spacial score (nSPS) is 11.1. The van der Waals surface area contributed by atoms with Gasteiger partial charge in [-0.25, -0.2) is 0 Å². The van der Waals surface area contributed by atoms with Crippen molar-refractivity contribution in [3.05, 3.63) is 47.5 Å². The number of anilines is 1. The zero-order chi connectivity index (χ0) is 20.6. The molecule has 0 amide bonds. The van der Waals surface area contributed by atoms with Gasteiger partial charge in [0, 0.05) is 18.8 Å². The summed E-state index contributed by atoms with van der Waals surface area (Å²) in [5.74, 6) is 0. The van der Waals surface area contributed by atoms with Crippen molar-refractivity contribution in [1.29, 1.82) is 10.5 Å². The molecule has 0 heterocycles. The first kappa shape index (κ1) is 21.3. The van der Waals surface area contributed by atoms with Crippen molar-refractivity contribution >= 4 is 38.9 Å². The highest BCUT2D eigenvalue weighted by atomic mass is 35.5. The molecule has 0 spiro atoms. The first-order valence-corrected chi connectivity index (χ1v) is 9.86. The van der Waals surface area contributed by atoms with Crippen LogP contribution >= 0.6 is 11.6 Å². The van der Waals surface area contributed by atoms with Crippen LogP contribution in [0, 0.1) is 22.7 Å². The van der Waals surface area contributed by atoms with Gasteiger partial charge in [0.15, 0.2) is 0 Å². The van der Waals surface area contributed by atoms with Gasteiger partial charge in [-0.3, -0.25) is 0 Å². The summed E-state index contributed by atoms with van der Waals surface area (Å²) in [6.07, 6.45) is 0.673. The Bertz CT molecular complexity index is 1030. The monoisotopic (exact) mass is 419 g/mol. The van der Waals surface area contributed by atoms with Crippen LogP contribution in [-0.4, -0.2) is 21.5 Å². The molecule has 0 unspecified atom stereocenters. The number of hydrogen-bond donors (Lipinski definition) is 0. The van der Waals surface area contributed by atoms with Crippen LogP contribution in [0.1, 0.15) is 12.8 Å². The molecular formula is C18H15ClFN5O2S. The molecule has 2 aromatic rings. The molecule has 0 fully saturated rings. The van der Waals surface area contributed by atoms with Crippen LogP contribution in [0.25, 0.3) is 0 Å². The van der Waals surface area contributed by atoms with Crippen molar-refractivity contribution in [2.45, 2.75) is 17.7 Å². The largest absolute Gasteiger partial charge is 0.369 e. The van der Waals surface area contributed by atoms with E-state index in [0.717, 1.165) is 11.8 Å². The second-order valence-electron chi connectivity index (χ2n) is 5.57. The average molecular weight is 420 g/mol. The molecular weight excluding hydrogens is 405 g/mol. The Morgan fingerprint density at radius 2 is 1.50 bits per heavy atom. The lowest BCUT2D eigenvalue weighted by atomic mass is 10.2. The molecule has 0 saturated carbocycles. The molecule has 7 nitrogen and oxygen atoms in total. The van der Waals surface area contributed by atoms with E-state index in [2.05, 4.69) is 22.4 Å². The van der Waals surface area contributed by atoms with Crippen molar-refractivity contribution in [3.8, 4) is 12.1 Å². The third-order valence-electron chi connectivity index (χ3n) is 3.66.